The van der Waals surface area contributed by atoms with Crippen molar-refractivity contribution in [3.63, 3.8) is 0 Å². The normalized spacial score (nSPS) is 17.1. The number of hydrogen-bond donors (Lipinski definition) is 2. The Balaban J connectivity index is 1.63. The third-order valence-electron chi connectivity index (χ3n) is 4.54. The van der Waals surface area contributed by atoms with E-state index in [1.54, 1.807) is 12.3 Å². The number of ether oxygens (including phenoxy) is 1. The van der Waals surface area contributed by atoms with Crippen LogP contribution in [0.25, 0.3) is 0 Å². The van der Waals surface area contributed by atoms with Crippen molar-refractivity contribution in [2.24, 2.45) is 0 Å². The molecular formula is C21H27N3O2. The maximum atomic E-state index is 12.6. The minimum Gasteiger partial charge on any atom is -0.376 e. The van der Waals surface area contributed by atoms with Crippen LogP contribution < -0.4 is 10.6 Å². The lowest BCUT2D eigenvalue weighted by atomic mass is 9.86. The summed E-state index contributed by atoms with van der Waals surface area (Å²) in [6.07, 6.45) is 4.07. The van der Waals surface area contributed by atoms with Gasteiger partial charge in [0.1, 0.15) is 5.82 Å². The lowest BCUT2D eigenvalue weighted by molar-refractivity contribution is 0.102. The van der Waals surface area contributed by atoms with Crippen LogP contribution in [0.1, 0.15) is 49.5 Å². The van der Waals surface area contributed by atoms with Crippen LogP contribution in [0.15, 0.2) is 42.6 Å². The van der Waals surface area contributed by atoms with Gasteiger partial charge in [-0.1, -0.05) is 39.0 Å². The first kappa shape index (κ1) is 18.4. The smallest absolute Gasteiger partial charge is 0.257 e. The topological polar surface area (TPSA) is 63.2 Å². The average molecular weight is 353 g/mol. The number of hydrogen-bond acceptors (Lipinski definition) is 4. The molecule has 0 bridgehead atoms. The Labute approximate surface area is 155 Å². The van der Waals surface area contributed by atoms with Gasteiger partial charge in [-0.15, -0.1) is 0 Å². The van der Waals surface area contributed by atoms with Crippen LogP contribution in [0.3, 0.4) is 0 Å². The average Bonchev–Trinajstić information content (AvgIpc) is 3.13. The van der Waals surface area contributed by atoms with Crippen LogP contribution >= 0.6 is 0 Å². The molecule has 5 nitrogen and oxygen atoms in total. The van der Waals surface area contributed by atoms with Crippen molar-refractivity contribution >= 4 is 17.4 Å². The lowest BCUT2D eigenvalue weighted by Crippen LogP contribution is -2.20. The second-order valence-corrected chi connectivity index (χ2v) is 7.70. The lowest BCUT2D eigenvalue weighted by Gasteiger charge is -2.23. The first-order chi connectivity index (χ1) is 12.4. The Morgan fingerprint density at radius 1 is 1.23 bits per heavy atom. The molecule has 3 rings (SSSR count). The molecule has 2 N–H and O–H groups in total. The van der Waals surface area contributed by atoms with Crippen LogP contribution in [-0.2, 0) is 10.2 Å². The highest BCUT2D eigenvalue weighted by Crippen LogP contribution is 2.29. The highest BCUT2D eigenvalue weighted by Gasteiger charge is 2.19. The number of carbonyl (C=O) groups is 1. The van der Waals surface area contributed by atoms with E-state index < -0.39 is 0 Å². The second kappa shape index (κ2) is 7.87. The molecule has 5 heteroatoms. The predicted molar refractivity (Wildman–Crippen MR) is 105 cm³/mol. The summed E-state index contributed by atoms with van der Waals surface area (Å²) in [4.78, 5) is 16.9. The Morgan fingerprint density at radius 3 is 2.69 bits per heavy atom. The van der Waals surface area contributed by atoms with E-state index in [-0.39, 0.29) is 17.4 Å². The van der Waals surface area contributed by atoms with E-state index in [0.29, 0.717) is 5.56 Å². The monoisotopic (exact) mass is 353 g/mol. The second-order valence-electron chi connectivity index (χ2n) is 7.70. The van der Waals surface area contributed by atoms with Crippen LogP contribution in [-0.4, -0.2) is 30.1 Å². The van der Waals surface area contributed by atoms with Crippen molar-refractivity contribution in [2.75, 3.05) is 23.8 Å². The molecule has 0 saturated carbocycles. The largest absolute Gasteiger partial charge is 0.376 e. The summed E-state index contributed by atoms with van der Waals surface area (Å²) in [6.45, 7) is 7.99. The number of nitrogens with one attached hydrogen (secondary N) is 2. The van der Waals surface area contributed by atoms with Gasteiger partial charge in [0, 0.05) is 25.0 Å². The molecule has 1 fully saturated rings. The van der Waals surface area contributed by atoms with Crippen molar-refractivity contribution in [1.29, 1.82) is 0 Å². The summed E-state index contributed by atoms with van der Waals surface area (Å²) in [5.41, 5.74) is 2.44. The molecule has 2 heterocycles. The molecule has 2 aromatic rings. The predicted octanol–water partition coefficient (Wildman–Crippen LogP) is 4.22. The standard InChI is InChI=1S/C21H27N3O2/c1-21(2,3)17-8-4-5-9-18(17)24-20(25)15-10-11-19(22-13-15)23-14-16-7-6-12-26-16/h4-5,8-11,13,16H,6-7,12,14H2,1-3H3,(H,22,23)(H,24,25). The fourth-order valence-corrected chi connectivity index (χ4v) is 3.10. The Bertz CT molecular complexity index is 745. The zero-order valence-electron chi connectivity index (χ0n) is 15.7. The number of carbonyl (C=O) groups excluding carboxylic acids is 1. The molecule has 0 radical (unpaired) electrons. The molecule has 1 amide bonds. The van der Waals surface area contributed by atoms with Gasteiger partial charge in [0.2, 0.25) is 0 Å². The van der Waals surface area contributed by atoms with Gasteiger partial charge in [-0.25, -0.2) is 4.98 Å². The van der Waals surface area contributed by atoms with Gasteiger partial charge in [0.25, 0.3) is 5.91 Å². The summed E-state index contributed by atoms with van der Waals surface area (Å²) in [7, 11) is 0. The van der Waals surface area contributed by atoms with Crippen molar-refractivity contribution in [3.8, 4) is 0 Å². The Morgan fingerprint density at radius 2 is 2.04 bits per heavy atom. The van der Waals surface area contributed by atoms with E-state index in [2.05, 4.69) is 36.4 Å². The molecule has 1 aromatic heterocycles. The van der Waals surface area contributed by atoms with Gasteiger partial charge >= 0.3 is 0 Å². The van der Waals surface area contributed by atoms with Gasteiger partial charge in [-0.05, 0) is 42.0 Å². The summed E-state index contributed by atoms with van der Waals surface area (Å²) in [6, 6.07) is 11.5. The van der Waals surface area contributed by atoms with Crippen LogP contribution in [0.4, 0.5) is 11.5 Å². The van der Waals surface area contributed by atoms with Gasteiger partial charge in [-0.2, -0.15) is 0 Å². The maximum Gasteiger partial charge on any atom is 0.257 e. The van der Waals surface area contributed by atoms with E-state index in [1.165, 1.54) is 0 Å². The van der Waals surface area contributed by atoms with Gasteiger partial charge < -0.3 is 15.4 Å². The van der Waals surface area contributed by atoms with E-state index in [0.717, 1.165) is 43.1 Å². The molecule has 0 spiro atoms. The molecule has 0 aliphatic carbocycles. The van der Waals surface area contributed by atoms with Gasteiger partial charge in [0.05, 0.1) is 11.7 Å². The number of amides is 1. The first-order valence-electron chi connectivity index (χ1n) is 9.16. The SMILES string of the molecule is CC(C)(C)c1ccccc1NC(=O)c1ccc(NCC2CCCO2)nc1. The molecule has 1 aliphatic rings. The molecule has 138 valence electrons. The molecule has 1 unspecified atom stereocenters. The molecule has 1 aromatic carbocycles. The van der Waals surface area contributed by atoms with Crippen molar-refractivity contribution in [3.05, 3.63) is 53.7 Å². The zero-order valence-corrected chi connectivity index (χ0v) is 15.7. The third-order valence-corrected chi connectivity index (χ3v) is 4.54. The zero-order chi connectivity index (χ0) is 18.6. The quantitative estimate of drug-likeness (QED) is 0.845. The van der Waals surface area contributed by atoms with Crippen LogP contribution in [0, 0.1) is 0 Å². The number of nitrogens with zero attached hydrogens (tertiary/aromatic N) is 1. The number of anilines is 2. The number of benzene rings is 1. The van der Waals surface area contributed by atoms with Crippen LogP contribution in [0.2, 0.25) is 0 Å². The highest BCUT2D eigenvalue weighted by atomic mass is 16.5. The van der Waals surface area contributed by atoms with Crippen molar-refractivity contribution < 1.29 is 9.53 Å². The van der Waals surface area contributed by atoms with Crippen molar-refractivity contribution in [1.82, 2.24) is 4.98 Å². The number of rotatable bonds is 5. The fourth-order valence-electron chi connectivity index (χ4n) is 3.10. The molecule has 1 saturated heterocycles. The van der Waals surface area contributed by atoms with E-state index in [1.807, 2.05) is 30.3 Å². The minimum absolute atomic E-state index is 0.0434. The maximum absolute atomic E-state index is 12.6. The Hall–Kier alpha value is -2.40. The summed E-state index contributed by atoms with van der Waals surface area (Å²) < 4.78 is 5.59. The third kappa shape index (κ3) is 4.61. The van der Waals surface area contributed by atoms with E-state index >= 15 is 0 Å². The minimum atomic E-state index is -0.153. The van der Waals surface area contributed by atoms with E-state index in [4.69, 9.17) is 4.74 Å². The van der Waals surface area contributed by atoms with E-state index in [9.17, 15) is 4.79 Å². The molecular weight excluding hydrogens is 326 g/mol. The number of aromatic nitrogens is 1. The first-order valence-corrected chi connectivity index (χ1v) is 9.16. The number of pyridine rings is 1. The Kier molecular flexibility index (Phi) is 5.57. The number of para-hydroxylation sites is 1. The summed E-state index contributed by atoms with van der Waals surface area (Å²) >= 11 is 0. The van der Waals surface area contributed by atoms with Crippen molar-refractivity contribution in [2.45, 2.75) is 45.1 Å². The van der Waals surface area contributed by atoms with Gasteiger partial charge in [-0.3, -0.25) is 4.79 Å². The van der Waals surface area contributed by atoms with Gasteiger partial charge in [0.15, 0.2) is 0 Å². The fraction of sp³-hybridized carbons (Fsp3) is 0.429. The molecule has 1 aliphatic heterocycles. The summed E-state index contributed by atoms with van der Waals surface area (Å²) in [5, 5.41) is 6.27. The molecule has 26 heavy (non-hydrogen) atoms. The van der Waals surface area contributed by atoms with Crippen LogP contribution in [0.5, 0.6) is 0 Å². The highest BCUT2D eigenvalue weighted by molar-refractivity contribution is 6.04. The summed E-state index contributed by atoms with van der Waals surface area (Å²) in [5.74, 6) is 0.604. The molecule has 1 atom stereocenters.